The van der Waals surface area contributed by atoms with Crippen molar-refractivity contribution in [2.24, 2.45) is 0 Å². The van der Waals surface area contributed by atoms with Crippen molar-refractivity contribution < 1.29 is 4.79 Å². The Morgan fingerprint density at radius 2 is 2.18 bits per heavy atom. The molecule has 1 amide bonds. The van der Waals surface area contributed by atoms with Crippen LogP contribution in [-0.4, -0.2) is 20.7 Å². The number of nitrogens with zero attached hydrogens (tertiary/aromatic N) is 4. The van der Waals surface area contributed by atoms with Gasteiger partial charge in [-0.05, 0) is 19.9 Å². The first-order chi connectivity index (χ1) is 10.4. The number of carbonyl (C=O) groups excluding carboxylic acids is 1. The SMILES string of the molecule is C=CC(=O)N(Cc1cnc(C(C)C)s1)c1ccn(C(C)C)n1. The Morgan fingerprint density at radius 1 is 1.45 bits per heavy atom. The van der Waals surface area contributed by atoms with Gasteiger partial charge in [0, 0.05) is 35.3 Å². The predicted molar refractivity (Wildman–Crippen MR) is 90.2 cm³/mol. The van der Waals surface area contributed by atoms with E-state index in [0.29, 0.717) is 18.3 Å². The van der Waals surface area contributed by atoms with Gasteiger partial charge >= 0.3 is 0 Å². The van der Waals surface area contributed by atoms with Crippen LogP contribution in [0.25, 0.3) is 0 Å². The van der Waals surface area contributed by atoms with Crippen molar-refractivity contribution >= 4 is 23.1 Å². The maximum absolute atomic E-state index is 12.2. The summed E-state index contributed by atoms with van der Waals surface area (Å²) in [5, 5.41) is 5.55. The summed E-state index contributed by atoms with van der Waals surface area (Å²) in [4.78, 5) is 19.3. The Kier molecular flexibility index (Phi) is 5.13. The highest BCUT2D eigenvalue weighted by Gasteiger charge is 2.18. The monoisotopic (exact) mass is 318 g/mol. The Bertz CT molecular complexity index is 657. The second kappa shape index (κ2) is 6.87. The van der Waals surface area contributed by atoms with Gasteiger partial charge in [-0.25, -0.2) is 4.98 Å². The molecule has 0 N–H and O–H groups in total. The van der Waals surface area contributed by atoms with E-state index in [1.165, 1.54) is 6.08 Å². The molecule has 22 heavy (non-hydrogen) atoms. The van der Waals surface area contributed by atoms with E-state index < -0.39 is 0 Å². The van der Waals surface area contributed by atoms with Crippen LogP contribution in [0.4, 0.5) is 5.82 Å². The van der Waals surface area contributed by atoms with Gasteiger partial charge in [0.2, 0.25) is 0 Å². The Morgan fingerprint density at radius 3 is 2.68 bits per heavy atom. The Balaban J connectivity index is 2.25. The van der Waals surface area contributed by atoms with Crippen molar-refractivity contribution in [2.45, 2.75) is 46.2 Å². The predicted octanol–water partition coefficient (Wildman–Crippen LogP) is 3.76. The molecule has 0 spiro atoms. The Labute approximate surface area is 135 Å². The van der Waals surface area contributed by atoms with E-state index in [0.717, 1.165) is 9.88 Å². The zero-order valence-electron chi connectivity index (χ0n) is 13.5. The number of hydrogen-bond acceptors (Lipinski definition) is 4. The summed E-state index contributed by atoms with van der Waals surface area (Å²) < 4.78 is 1.84. The number of amides is 1. The van der Waals surface area contributed by atoms with Gasteiger partial charge in [0.25, 0.3) is 5.91 Å². The second-order valence-corrected chi connectivity index (χ2v) is 6.84. The summed E-state index contributed by atoms with van der Waals surface area (Å²) in [5.74, 6) is 0.869. The molecule has 2 aromatic heterocycles. The lowest BCUT2D eigenvalue weighted by Crippen LogP contribution is -2.28. The molecule has 118 valence electrons. The maximum Gasteiger partial charge on any atom is 0.251 e. The summed E-state index contributed by atoms with van der Waals surface area (Å²) in [6.45, 7) is 12.4. The molecule has 0 radical (unpaired) electrons. The number of rotatable bonds is 6. The highest BCUT2D eigenvalue weighted by molar-refractivity contribution is 7.11. The topological polar surface area (TPSA) is 51.0 Å². The van der Waals surface area contributed by atoms with Crippen LogP contribution in [-0.2, 0) is 11.3 Å². The minimum absolute atomic E-state index is 0.159. The van der Waals surface area contributed by atoms with E-state index in [-0.39, 0.29) is 11.9 Å². The standard InChI is InChI=1S/C16H22N4OS/c1-6-15(21)19(14-7-8-20(18-14)12(4)5)10-13-9-17-16(22-13)11(2)3/h6-9,11-12H,1,10H2,2-5H3. The number of aromatic nitrogens is 3. The van der Waals surface area contributed by atoms with Crippen molar-refractivity contribution in [3.63, 3.8) is 0 Å². The summed E-state index contributed by atoms with van der Waals surface area (Å²) in [6.07, 6.45) is 5.04. The van der Waals surface area contributed by atoms with E-state index in [1.54, 1.807) is 16.2 Å². The van der Waals surface area contributed by atoms with Gasteiger partial charge in [0.05, 0.1) is 11.6 Å². The largest absolute Gasteiger partial charge is 0.286 e. The molecule has 0 unspecified atom stereocenters. The molecule has 2 aromatic rings. The second-order valence-electron chi connectivity index (χ2n) is 5.70. The molecule has 0 bridgehead atoms. The zero-order valence-corrected chi connectivity index (χ0v) is 14.3. The number of carbonyl (C=O) groups is 1. The van der Waals surface area contributed by atoms with Crippen molar-refractivity contribution in [3.05, 3.63) is 41.0 Å². The van der Waals surface area contributed by atoms with Gasteiger partial charge in [-0.1, -0.05) is 20.4 Å². The average molecular weight is 318 g/mol. The third kappa shape index (κ3) is 3.62. The molecular formula is C16H22N4OS. The zero-order chi connectivity index (χ0) is 16.3. The molecule has 2 heterocycles. The van der Waals surface area contributed by atoms with Crippen LogP contribution >= 0.6 is 11.3 Å². The molecule has 5 nitrogen and oxygen atoms in total. The smallest absolute Gasteiger partial charge is 0.251 e. The van der Waals surface area contributed by atoms with Crippen molar-refractivity contribution in [1.29, 1.82) is 0 Å². The fourth-order valence-corrected chi connectivity index (χ4v) is 2.87. The number of thiazole rings is 1. The van der Waals surface area contributed by atoms with E-state index in [9.17, 15) is 4.79 Å². The van der Waals surface area contributed by atoms with E-state index in [4.69, 9.17) is 0 Å². The molecule has 0 aliphatic carbocycles. The third-order valence-corrected chi connectivity index (χ3v) is 4.50. The maximum atomic E-state index is 12.2. The fourth-order valence-electron chi connectivity index (χ4n) is 1.96. The molecule has 0 fully saturated rings. The lowest BCUT2D eigenvalue weighted by atomic mass is 10.2. The van der Waals surface area contributed by atoms with Crippen molar-refractivity contribution in [3.8, 4) is 0 Å². The lowest BCUT2D eigenvalue weighted by molar-refractivity contribution is -0.114. The molecular weight excluding hydrogens is 296 g/mol. The van der Waals surface area contributed by atoms with Crippen LogP contribution in [0.1, 0.15) is 49.5 Å². The summed E-state index contributed by atoms with van der Waals surface area (Å²) >= 11 is 1.63. The molecule has 0 saturated heterocycles. The first-order valence-electron chi connectivity index (χ1n) is 7.36. The summed E-state index contributed by atoms with van der Waals surface area (Å²) in [7, 11) is 0. The third-order valence-electron chi connectivity index (χ3n) is 3.22. The van der Waals surface area contributed by atoms with E-state index >= 15 is 0 Å². The average Bonchev–Trinajstić information content (AvgIpc) is 3.12. The van der Waals surface area contributed by atoms with Gasteiger partial charge in [-0.2, -0.15) is 5.10 Å². The van der Waals surface area contributed by atoms with Crippen LogP contribution in [0.3, 0.4) is 0 Å². The number of hydrogen-bond donors (Lipinski definition) is 0. The normalized spacial score (nSPS) is 11.2. The summed E-state index contributed by atoms with van der Waals surface area (Å²) in [5.41, 5.74) is 0. The molecule has 6 heteroatoms. The van der Waals surface area contributed by atoms with Crippen LogP contribution in [0, 0.1) is 0 Å². The fraction of sp³-hybridized carbons (Fsp3) is 0.438. The molecule has 0 aliphatic rings. The van der Waals surface area contributed by atoms with Gasteiger partial charge in [-0.3, -0.25) is 14.4 Å². The first kappa shape index (κ1) is 16.4. The highest BCUT2D eigenvalue weighted by atomic mass is 32.1. The number of anilines is 1. The molecule has 0 atom stereocenters. The van der Waals surface area contributed by atoms with Crippen LogP contribution in [0.15, 0.2) is 31.1 Å². The first-order valence-corrected chi connectivity index (χ1v) is 8.17. The van der Waals surface area contributed by atoms with E-state index in [2.05, 4.69) is 44.4 Å². The van der Waals surface area contributed by atoms with Crippen LogP contribution in [0.5, 0.6) is 0 Å². The van der Waals surface area contributed by atoms with Gasteiger partial charge < -0.3 is 0 Å². The van der Waals surface area contributed by atoms with Crippen LogP contribution in [0.2, 0.25) is 0 Å². The minimum atomic E-state index is -0.159. The quantitative estimate of drug-likeness (QED) is 0.762. The van der Waals surface area contributed by atoms with Crippen molar-refractivity contribution in [2.75, 3.05) is 4.90 Å². The molecule has 0 aliphatic heterocycles. The molecule has 0 saturated carbocycles. The lowest BCUT2D eigenvalue weighted by Gasteiger charge is -2.17. The van der Waals surface area contributed by atoms with Gasteiger partial charge in [-0.15, -0.1) is 11.3 Å². The van der Waals surface area contributed by atoms with E-state index in [1.807, 2.05) is 23.1 Å². The molecule has 0 aromatic carbocycles. The van der Waals surface area contributed by atoms with Crippen molar-refractivity contribution in [1.82, 2.24) is 14.8 Å². The Hall–Kier alpha value is -1.95. The van der Waals surface area contributed by atoms with Gasteiger partial charge in [0.1, 0.15) is 0 Å². The summed E-state index contributed by atoms with van der Waals surface area (Å²) in [6, 6.07) is 2.11. The molecule has 2 rings (SSSR count). The highest BCUT2D eigenvalue weighted by Crippen LogP contribution is 2.24. The van der Waals surface area contributed by atoms with Gasteiger partial charge in [0.15, 0.2) is 5.82 Å². The minimum Gasteiger partial charge on any atom is -0.286 e. The van der Waals surface area contributed by atoms with Crippen LogP contribution < -0.4 is 4.90 Å².